The molecule has 0 radical (unpaired) electrons. The number of rotatable bonds is 4. The summed E-state index contributed by atoms with van der Waals surface area (Å²) in [6, 6.07) is 1.22. The van der Waals surface area contributed by atoms with Crippen molar-refractivity contribution in [2.75, 3.05) is 32.7 Å². The van der Waals surface area contributed by atoms with Crippen molar-refractivity contribution < 1.29 is 0 Å². The molecule has 2 atom stereocenters. The van der Waals surface area contributed by atoms with Gasteiger partial charge < -0.3 is 5.73 Å². The van der Waals surface area contributed by atoms with Crippen molar-refractivity contribution in [3.63, 3.8) is 0 Å². The Balaban J connectivity index is 2.54. The van der Waals surface area contributed by atoms with Gasteiger partial charge in [-0.2, -0.15) is 0 Å². The molecule has 0 aliphatic carbocycles. The molecule has 102 valence electrons. The second kappa shape index (κ2) is 6.17. The lowest BCUT2D eigenvalue weighted by atomic mass is 9.87. The van der Waals surface area contributed by atoms with Gasteiger partial charge >= 0.3 is 0 Å². The molecule has 1 fully saturated rings. The predicted molar refractivity (Wildman–Crippen MR) is 75.2 cm³/mol. The first-order valence-electron chi connectivity index (χ1n) is 7.05. The van der Waals surface area contributed by atoms with Crippen molar-refractivity contribution in [3.8, 4) is 0 Å². The highest BCUT2D eigenvalue weighted by Gasteiger charge is 2.29. The summed E-state index contributed by atoms with van der Waals surface area (Å²) in [6.07, 6.45) is 1.20. The van der Waals surface area contributed by atoms with Gasteiger partial charge in [0.05, 0.1) is 0 Å². The van der Waals surface area contributed by atoms with Crippen LogP contribution in [0, 0.1) is 5.41 Å². The quantitative estimate of drug-likeness (QED) is 0.814. The van der Waals surface area contributed by atoms with Gasteiger partial charge in [0.15, 0.2) is 0 Å². The van der Waals surface area contributed by atoms with Crippen LogP contribution in [0.2, 0.25) is 0 Å². The van der Waals surface area contributed by atoms with Gasteiger partial charge in [0.1, 0.15) is 0 Å². The second-order valence-electron chi connectivity index (χ2n) is 6.63. The molecular formula is C14H31N3. The molecule has 3 heteroatoms. The molecular weight excluding hydrogens is 210 g/mol. The average molecular weight is 241 g/mol. The van der Waals surface area contributed by atoms with Gasteiger partial charge in [0, 0.05) is 38.3 Å². The molecule has 17 heavy (non-hydrogen) atoms. The molecule has 1 rings (SSSR count). The van der Waals surface area contributed by atoms with Gasteiger partial charge in [-0.3, -0.25) is 9.80 Å². The van der Waals surface area contributed by atoms with Crippen LogP contribution in [0.1, 0.15) is 41.0 Å². The van der Waals surface area contributed by atoms with Crippen molar-refractivity contribution in [1.82, 2.24) is 9.80 Å². The zero-order valence-corrected chi connectivity index (χ0v) is 12.4. The van der Waals surface area contributed by atoms with Crippen LogP contribution in [0.4, 0.5) is 0 Å². The largest absolute Gasteiger partial charge is 0.329 e. The van der Waals surface area contributed by atoms with Crippen LogP contribution < -0.4 is 5.73 Å². The van der Waals surface area contributed by atoms with Crippen LogP contribution in [-0.4, -0.2) is 54.6 Å². The minimum Gasteiger partial charge on any atom is -0.329 e. The molecule has 2 unspecified atom stereocenters. The lowest BCUT2D eigenvalue weighted by molar-refractivity contribution is 0.0477. The first-order chi connectivity index (χ1) is 7.87. The highest BCUT2D eigenvalue weighted by Crippen LogP contribution is 2.24. The summed E-state index contributed by atoms with van der Waals surface area (Å²) < 4.78 is 0. The average Bonchev–Trinajstić information content (AvgIpc) is 2.24. The molecule has 0 aromatic rings. The van der Waals surface area contributed by atoms with E-state index in [2.05, 4.69) is 44.4 Å². The SMILES string of the molecule is CCN1CCN(C(CN)CC(C)(C)C)CC1C. The van der Waals surface area contributed by atoms with Crippen LogP contribution in [-0.2, 0) is 0 Å². The third kappa shape index (κ3) is 4.57. The maximum Gasteiger partial charge on any atom is 0.0224 e. The fourth-order valence-corrected chi connectivity index (χ4v) is 2.89. The zero-order valence-electron chi connectivity index (χ0n) is 12.4. The summed E-state index contributed by atoms with van der Waals surface area (Å²) in [5, 5.41) is 0. The Hall–Kier alpha value is -0.120. The monoisotopic (exact) mass is 241 g/mol. The number of piperazine rings is 1. The summed E-state index contributed by atoms with van der Waals surface area (Å²) in [5.74, 6) is 0. The summed E-state index contributed by atoms with van der Waals surface area (Å²) in [6.45, 7) is 17.0. The van der Waals surface area contributed by atoms with Gasteiger partial charge in [-0.1, -0.05) is 27.7 Å². The van der Waals surface area contributed by atoms with Crippen molar-refractivity contribution in [1.29, 1.82) is 0 Å². The Morgan fingerprint density at radius 3 is 2.35 bits per heavy atom. The third-order valence-electron chi connectivity index (χ3n) is 3.84. The predicted octanol–water partition coefficient (Wildman–Crippen LogP) is 1.78. The van der Waals surface area contributed by atoms with E-state index in [1.54, 1.807) is 0 Å². The molecule has 0 saturated carbocycles. The third-order valence-corrected chi connectivity index (χ3v) is 3.84. The number of hydrogen-bond acceptors (Lipinski definition) is 3. The topological polar surface area (TPSA) is 32.5 Å². The number of nitrogens with two attached hydrogens (primary N) is 1. The second-order valence-corrected chi connectivity index (χ2v) is 6.63. The van der Waals surface area contributed by atoms with Crippen LogP contribution in [0.3, 0.4) is 0 Å². The Morgan fingerprint density at radius 2 is 1.94 bits per heavy atom. The molecule has 2 N–H and O–H groups in total. The lowest BCUT2D eigenvalue weighted by Crippen LogP contribution is -2.56. The van der Waals surface area contributed by atoms with E-state index < -0.39 is 0 Å². The Kier molecular flexibility index (Phi) is 5.42. The minimum atomic E-state index is 0.370. The van der Waals surface area contributed by atoms with Gasteiger partial charge in [-0.05, 0) is 25.3 Å². The first kappa shape index (κ1) is 14.9. The Bertz CT molecular complexity index is 222. The number of nitrogens with zero attached hydrogens (tertiary/aromatic N) is 2. The van der Waals surface area contributed by atoms with Crippen molar-refractivity contribution in [2.24, 2.45) is 11.1 Å². The van der Waals surface area contributed by atoms with E-state index in [1.165, 1.54) is 32.6 Å². The van der Waals surface area contributed by atoms with E-state index >= 15 is 0 Å². The molecule has 0 aromatic heterocycles. The summed E-state index contributed by atoms with van der Waals surface area (Å²) in [7, 11) is 0. The highest BCUT2D eigenvalue weighted by molar-refractivity contribution is 4.85. The minimum absolute atomic E-state index is 0.370. The molecule has 0 spiro atoms. The van der Waals surface area contributed by atoms with Crippen LogP contribution in [0.15, 0.2) is 0 Å². The maximum atomic E-state index is 5.97. The first-order valence-corrected chi connectivity index (χ1v) is 7.05. The van der Waals surface area contributed by atoms with Crippen LogP contribution in [0.5, 0.6) is 0 Å². The molecule has 1 heterocycles. The normalized spacial score (nSPS) is 26.1. The fourth-order valence-electron chi connectivity index (χ4n) is 2.89. The van der Waals surface area contributed by atoms with Crippen molar-refractivity contribution in [2.45, 2.75) is 53.1 Å². The van der Waals surface area contributed by atoms with E-state index in [4.69, 9.17) is 5.73 Å². The molecule has 0 bridgehead atoms. The van der Waals surface area contributed by atoms with Gasteiger partial charge in [0.2, 0.25) is 0 Å². The zero-order chi connectivity index (χ0) is 13.1. The van der Waals surface area contributed by atoms with Gasteiger partial charge in [-0.15, -0.1) is 0 Å². The van der Waals surface area contributed by atoms with Crippen LogP contribution >= 0.6 is 0 Å². The smallest absolute Gasteiger partial charge is 0.0224 e. The van der Waals surface area contributed by atoms with Crippen LogP contribution in [0.25, 0.3) is 0 Å². The summed E-state index contributed by atoms with van der Waals surface area (Å²) >= 11 is 0. The molecule has 1 saturated heterocycles. The van der Waals surface area contributed by atoms with Gasteiger partial charge in [-0.25, -0.2) is 0 Å². The van der Waals surface area contributed by atoms with Gasteiger partial charge in [0.25, 0.3) is 0 Å². The highest BCUT2D eigenvalue weighted by atomic mass is 15.3. The molecule has 0 amide bonds. The molecule has 1 aliphatic heterocycles. The van der Waals surface area contributed by atoms with E-state index in [9.17, 15) is 0 Å². The maximum absolute atomic E-state index is 5.97. The fraction of sp³-hybridized carbons (Fsp3) is 1.00. The molecule has 0 aromatic carbocycles. The van der Waals surface area contributed by atoms with Crippen molar-refractivity contribution >= 4 is 0 Å². The number of likely N-dealkylation sites (N-methyl/N-ethyl adjacent to an activating group) is 1. The van der Waals surface area contributed by atoms with E-state index in [0.29, 0.717) is 17.5 Å². The molecule has 3 nitrogen and oxygen atoms in total. The number of hydrogen-bond donors (Lipinski definition) is 1. The lowest BCUT2D eigenvalue weighted by Gasteiger charge is -2.44. The summed E-state index contributed by atoms with van der Waals surface area (Å²) in [5.41, 5.74) is 6.34. The molecule has 1 aliphatic rings. The Labute approximate surface area is 107 Å². The van der Waals surface area contributed by atoms with E-state index in [1.807, 2.05) is 0 Å². The Morgan fingerprint density at radius 1 is 1.29 bits per heavy atom. The van der Waals surface area contributed by atoms with E-state index in [0.717, 1.165) is 6.54 Å². The standard InChI is InChI=1S/C14H31N3/c1-6-16-7-8-17(11-12(16)2)13(10-15)9-14(3,4)5/h12-13H,6-11,15H2,1-5H3. The summed E-state index contributed by atoms with van der Waals surface area (Å²) in [4.78, 5) is 5.16. The van der Waals surface area contributed by atoms with E-state index in [-0.39, 0.29) is 0 Å². The van der Waals surface area contributed by atoms with Crippen molar-refractivity contribution in [3.05, 3.63) is 0 Å².